The second-order valence-corrected chi connectivity index (χ2v) is 8.61. The zero-order valence-corrected chi connectivity index (χ0v) is 18.6. The number of anilines is 1. The van der Waals surface area contributed by atoms with Crippen molar-refractivity contribution in [2.45, 2.75) is 47.1 Å². The first-order chi connectivity index (χ1) is 14.0. The highest BCUT2D eigenvalue weighted by molar-refractivity contribution is 5.95. The van der Waals surface area contributed by atoms with Crippen molar-refractivity contribution in [2.24, 2.45) is 11.3 Å². The third-order valence-electron chi connectivity index (χ3n) is 4.46. The highest BCUT2D eigenvalue weighted by atomic mass is 16.5. The second-order valence-electron chi connectivity index (χ2n) is 8.61. The number of hydroxylamine groups is 1. The average Bonchev–Trinajstić information content (AvgIpc) is 2.67. The van der Waals surface area contributed by atoms with Gasteiger partial charge in [-0.15, -0.1) is 0 Å². The van der Waals surface area contributed by atoms with Gasteiger partial charge in [-0.25, -0.2) is 10.3 Å². The average molecular weight is 423 g/mol. The van der Waals surface area contributed by atoms with Gasteiger partial charge in [0.05, 0.1) is 7.11 Å². The molecule has 0 aliphatic carbocycles. The Kier molecular flexibility index (Phi) is 9.58. The minimum atomic E-state index is -0.887. The predicted molar refractivity (Wildman–Crippen MR) is 114 cm³/mol. The number of benzene rings is 1. The fraction of sp³-hybridized carbons (Fsp3) is 0.571. The predicted octanol–water partition coefficient (Wildman–Crippen LogP) is 2.61. The number of methoxy groups -OCH3 is 1. The number of hydrogen-bond donors (Lipinski definition) is 4. The van der Waals surface area contributed by atoms with E-state index >= 15 is 0 Å². The summed E-state index contributed by atoms with van der Waals surface area (Å²) in [6, 6.07) is 5.42. The van der Waals surface area contributed by atoms with Crippen molar-refractivity contribution >= 4 is 23.5 Å². The molecule has 1 atom stereocenters. The lowest BCUT2D eigenvalue weighted by molar-refractivity contribution is -0.142. The smallest absolute Gasteiger partial charge is 0.319 e. The first-order valence-corrected chi connectivity index (χ1v) is 9.91. The summed E-state index contributed by atoms with van der Waals surface area (Å²) >= 11 is 0. The molecule has 0 aliphatic rings. The number of carbonyl (C=O) groups is 3. The summed E-state index contributed by atoms with van der Waals surface area (Å²) in [6.45, 7) is 9.53. The molecule has 30 heavy (non-hydrogen) atoms. The molecule has 0 fully saturated rings. The van der Waals surface area contributed by atoms with Gasteiger partial charge in [-0.2, -0.15) is 0 Å². The number of amides is 4. The van der Waals surface area contributed by atoms with Crippen LogP contribution in [0.15, 0.2) is 24.3 Å². The maximum atomic E-state index is 13.2. The van der Waals surface area contributed by atoms with Crippen LogP contribution in [0.1, 0.15) is 41.0 Å². The van der Waals surface area contributed by atoms with Crippen LogP contribution in [-0.2, 0) is 9.59 Å². The molecule has 0 saturated carbocycles. The molecule has 0 aromatic heterocycles. The van der Waals surface area contributed by atoms with Crippen molar-refractivity contribution in [3.8, 4) is 5.75 Å². The standard InChI is InChI=1S/C21H34N4O5/c1-14(2)10-11-25(13-17(26)24-29)19(27)18(21(3,4)5)23-20(28)22-15-8-7-9-16(12-15)30-6/h7-9,12,14,18,29H,10-11,13H2,1-6H3,(H,24,26)(H2,22,23,28)/t18-/m1/s1. The number of rotatable bonds is 9. The molecule has 0 radical (unpaired) electrons. The lowest BCUT2D eigenvalue weighted by Crippen LogP contribution is -2.57. The van der Waals surface area contributed by atoms with E-state index in [-0.39, 0.29) is 6.54 Å². The second kappa shape index (κ2) is 11.4. The van der Waals surface area contributed by atoms with Crippen molar-refractivity contribution in [1.82, 2.24) is 15.7 Å². The molecular weight excluding hydrogens is 388 g/mol. The van der Waals surface area contributed by atoms with Crippen LogP contribution >= 0.6 is 0 Å². The van der Waals surface area contributed by atoms with Gasteiger partial charge in [0.2, 0.25) is 5.91 Å². The summed E-state index contributed by atoms with van der Waals surface area (Å²) in [5.74, 6) is -0.186. The van der Waals surface area contributed by atoms with E-state index < -0.39 is 29.3 Å². The first-order valence-electron chi connectivity index (χ1n) is 9.91. The molecule has 0 saturated heterocycles. The molecule has 0 unspecified atom stereocenters. The minimum Gasteiger partial charge on any atom is -0.497 e. The molecular formula is C21H34N4O5. The van der Waals surface area contributed by atoms with Crippen LogP contribution in [0.4, 0.5) is 10.5 Å². The Hall–Kier alpha value is -2.81. The van der Waals surface area contributed by atoms with Gasteiger partial charge in [0.25, 0.3) is 5.91 Å². The Balaban J connectivity index is 2.99. The number of urea groups is 1. The van der Waals surface area contributed by atoms with Crippen LogP contribution in [0.3, 0.4) is 0 Å². The minimum absolute atomic E-state index is 0.298. The van der Waals surface area contributed by atoms with E-state index in [0.717, 1.165) is 0 Å². The lowest BCUT2D eigenvalue weighted by Gasteiger charge is -2.35. The molecule has 0 aliphatic heterocycles. The summed E-state index contributed by atoms with van der Waals surface area (Å²) in [4.78, 5) is 38.9. The molecule has 0 spiro atoms. The molecule has 1 aromatic rings. The van der Waals surface area contributed by atoms with Crippen LogP contribution in [0, 0.1) is 11.3 Å². The number of nitrogens with one attached hydrogen (secondary N) is 3. The Morgan fingerprint density at radius 3 is 2.40 bits per heavy atom. The molecule has 4 N–H and O–H groups in total. The van der Waals surface area contributed by atoms with E-state index in [9.17, 15) is 14.4 Å². The molecule has 0 heterocycles. The summed E-state index contributed by atoms with van der Waals surface area (Å²) < 4.78 is 5.14. The summed E-state index contributed by atoms with van der Waals surface area (Å²) in [5, 5.41) is 14.3. The molecule has 1 rings (SSSR count). The van der Waals surface area contributed by atoms with E-state index in [1.54, 1.807) is 29.7 Å². The van der Waals surface area contributed by atoms with Gasteiger partial charge in [-0.3, -0.25) is 14.8 Å². The third kappa shape index (κ3) is 8.28. The van der Waals surface area contributed by atoms with Crippen LogP contribution in [0.5, 0.6) is 5.75 Å². The van der Waals surface area contributed by atoms with Crippen molar-refractivity contribution in [1.29, 1.82) is 0 Å². The van der Waals surface area contributed by atoms with Crippen LogP contribution in [0.25, 0.3) is 0 Å². The van der Waals surface area contributed by atoms with Gasteiger partial charge in [-0.1, -0.05) is 40.7 Å². The van der Waals surface area contributed by atoms with E-state index in [1.165, 1.54) is 12.0 Å². The van der Waals surface area contributed by atoms with Crippen LogP contribution in [0.2, 0.25) is 0 Å². The Labute approximate surface area is 178 Å². The normalized spacial score (nSPS) is 12.1. The Morgan fingerprint density at radius 1 is 1.20 bits per heavy atom. The highest BCUT2D eigenvalue weighted by Crippen LogP contribution is 2.22. The van der Waals surface area contributed by atoms with E-state index in [1.807, 2.05) is 34.6 Å². The molecule has 9 heteroatoms. The lowest BCUT2D eigenvalue weighted by atomic mass is 9.85. The van der Waals surface area contributed by atoms with Crippen LogP contribution < -0.4 is 20.9 Å². The van der Waals surface area contributed by atoms with Gasteiger partial charge in [0.1, 0.15) is 18.3 Å². The Morgan fingerprint density at radius 2 is 1.87 bits per heavy atom. The fourth-order valence-electron chi connectivity index (χ4n) is 2.72. The van der Waals surface area contributed by atoms with E-state index in [4.69, 9.17) is 9.94 Å². The summed E-state index contributed by atoms with van der Waals surface area (Å²) in [7, 11) is 1.53. The monoisotopic (exact) mass is 422 g/mol. The molecule has 1 aromatic carbocycles. The zero-order valence-electron chi connectivity index (χ0n) is 18.6. The maximum Gasteiger partial charge on any atom is 0.319 e. The maximum absolute atomic E-state index is 13.2. The number of hydrogen-bond acceptors (Lipinski definition) is 5. The van der Waals surface area contributed by atoms with Crippen LogP contribution in [-0.4, -0.2) is 54.2 Å². The van der Waals surface area contributed by atoms with Crippen molar-refractivity contribution in [2.75, 3.05) is 25.5 Å². The Bertz CT molecular complexity index is 730. The van der Waals surface area contributed by atoms with Gasteiger partial charge < -0.3 is 20.3 Å². The van der Waals surface area contributed by atoms with Crippen molar-refractivity contribution < 1.29 is 24.3 Å². The topological polar surface area (TPSA) is 120 Å². The molecule has 9 nitrogen and oxygen atoms in total. The number of carbonyl (C=O) groups excluding carboxylic acids is 3. The van der Waals surface area contributed by atoms with Gasteiger partial charge in [-0.05, 0) is 29.9 Å². The summed E-state index contributed by atoms with van der Waals surface area (Å²) in [5.41, 5.74) is 1.46. The summed E-state index contributed by atoms with van der Waals surface area (Å²) in [6.07, 6.45) is 0.678. The fourth-order valence-corrected chi connectivity index (χ4v) is 2.72. The SMILES string of the molecule is COc1cccc(NC(=O)N[C@H](C(=O)N(CCC(C)C)CC(=O)NO)C(C)(C)C)c1. The van der Waals surface area contributed by atoms with Gasteiger partial charge in [0.15, 0.2) is 0 Å². The van der Waals surface area contributed by atoms with Crippen molar-refractivity contribution in [3.63, 3.8) is 0 Å². The third-order valence-corrected chi connectivity index (χ3v) is 4.46. The van der Waals surface area contributed by atoms with E-state index in [0.29, 0.717) is 30.3 Å². The van der Waals surface area contributed by atoms with Gasteiger partial charge >= 0.3 is 6.03 Å². The first kappa shape index (κ1) is 25.2. The molecule has 0 bridgehead atoms. The molecule has 168 valence electrons. The van der Waals surface area contributed by atoms with Gasteiger partial charge in [0, 0.05) is 18.3 Å². The quantitative estimate of drug-likeness (QED) is 0.360. The number of ether oxygens (including phenoxy) is 1. The zero-order chi connectivity index (χ0) is 22.9. The highest BCUT2D eigenvalue weighted by Gasteiger charge is 2.36. The molecule has 4 amide bonds. The largest absolute Gasteiger partial charge is 0.497 e. The van der Waals surface area contributed by atoms with Crippen molar-refractivity contribution in [3.05, 3.63) is 24.3 Å². The van der Waals surface area contributed by atoms with E-state index in [2.05, 4.69) is 10.6 Å². The number of nitrogens with zero attached hydrogens (tertiary/aromatic N) is 1.